The van der Waals surface area contributed by atoms with Crippen molar-refractivity contribution >= 4 is 39.1 Å². The van der Waals surface area contributed by atoms with Crippen molar-refractivity contribution in [2.45, 2.75) is 52.1 Å². The third-order valence-corrected chi connectivity index (χ3v) is 8.03. The molecule has 1 atom stereocenters. The highest BCUT2D eigenvalue weighted by Gasteiger charge is 2.33. The Hall–Kier alpha value is -3.36. The van der Waals surface area contributed by atoms with E-state index in [0.29, 0.717) is 17.3 Å². The molecule has 7 nitrogen and oxygen atoms in total. The fraction of sp³-hybridized carbons (Fsp3) is 0.355. The molecule has 0 aliphatic heterocycles. The molecular weight excluding hydrogens is 546 g/mol. The molecule has 0 bridgehead atoms. The van der Waals surface area contributed by atoms with Crippen LogP contribution in [0.15, 0.2) is 78.9 Å². The second-order valence-electron chi connectivity index (χ2n) is 9.79. The number of carbonyl (C=O) groups is 2. The van der Waals surface area contributed by atoms with Crippen LogP contribution in [-0.4, -0.2) is 50.5 Å². The van der Waals surface area contributed by atoms with Gasteiger partial charge >= 0.3 is 0 Å². The molecule has 9 heteroatoms. The Morgan fingerprint density at radius 2 is 1.57 bits per heavy atom. The van der Waals surface area contributed by atoms with Crippen LogP contribution in [-0.2, 0) is 39.0 Å². The van der Waals surface area contributed by atoms with Crippen LogP contribution in [0.5, 0.6) is 0 Å². The Kier molecular flexibility index (Phi) is 11.6. The van der Waals surface area contributed by atoms with Gasteiger partial charge < -0.3 is 10.2 Å². The predicted molar refractivity (Wildman–Crippen MR) is 162 cm³/mol. The van der Waals surface area contributed by atoms with Crippen molar-refractivity contribution in [1.82, 2.24) is 10.2 Å². The molecule has 0 unspecified atom stereocenters. The molecule has 0 radical (unpaired) electrons. The van der Waals surface area contributed by atoms with Gasteiger partial charge in [-0.2, -0.15) is 0 Å². The van der Waals surface area contributed by atoms with E-state index in [2.05, 4.69) is 5.32 Å². The Labute approximate surface area is 243 Å². The van der Waals surface area contributed by atoms with Crippen LogP contribution in [0.1, 0.15) is 43.4 Å². The fourth-order valence-corrected chi connectivity index (χ4v) is 5.47. The molecule has 0 fully saturated rings. The van der Waals surface area contributed by atoms with Crippen molar-refractivity contribution < 1.29 is 18.0 Å². The fourth-order valence-electron chi connectivity index (χ4n) is 4.40. The molecule has 3 aromatic carbocycles. The Morgan fingerprint density at radius 3 is 2.17 bits per heavy atom. The number of aryl methyl sites for hydroxylation is 1. The summed E-state index contributed by atoms with van der Waals surface area (Å²) in [6, 6.07) is 22.8. The van der Waals surface area contributed by atoms with E-state index in [1.165, 1.54) is 4.90 Å². The molecule has 1 N–H and O–H groups in total. The van der Waals surface area contributed by atoms with Crippen molar-refractivity contribution in [2.75, 3.05) is 23.7 Å². The van der Waals surface area contributed by atoms with Crippen LogP contribution in [0.25, 0.3) is 0 Å². The first-order chi connectivity index (χ1) is 19.1. The van der Waals surface area contributed by atoms with Gasteiger partial charge in [-0.3, -0.25) is 13.9 Å². The van der Waals surface area contributed by atoms with E-state index in [-0.39, 0.29) is 18.9 Å². The molecule has 3 aromatic rings. The number of hydrogen-bond donors (Lipinski definition) is 1. The maximum atomic E-state index is 14.1. The summed E-state index contributed by atoms with van der Waals surface area (Å²) in [6.45, 7) is 4.18. The number of sulfonamides is 1. The van der Waals surface area contributed by atoms with Gasteiger partial charge in [0.2, 0.25) is 21.8 Å². The predicted octanol–water partition coefficient (Wildman–Crippen LogP) is 5.22. The smallest absolute Gasteiger partial charge is 0.244 e. The largest absolute Gasteiger partial charge is 0.354 e. The molecule has 214 valence electrons. The van der Waals surface area contributed by atoms with Crippen molar-refractivity contribution in [2.24, 2.45) is 0 Å². The zero-order valence-electron chi connectivity index (χ0n) is 23.3. The van der Waals surface area contributed by atoms with Gasteiger partial charge in [-0.25, -0.2) is 8.42 Å². The Morgan fingerprint density at radius 1 is 0.900 bits per heavy atom. The normalized spacial score (nSPS) is 12.0. The third-order valence-electron chi connectivity index (χ3n) is 6.65. The highest BCUT2D eigenvalue weighted by Crippen LogP contribution is 2.22. The van der Waals surface area contributed by atoms with Crippen LogP contribution in [0.3, 0.4) is 0 Å². The maximum absolute atomic E-state index is 14.1. The lowest BCUT2D eigenvalue weighted by molar-refractivity contribution is -0.140. The average Bonchev–Trinajstić information content (AvgIpc) is 2.93. The summed E-state index contributed by atoms with van der Waals surface area (Å²) in [4.78, 5) is 29.1. The van der Waals surface area contributed by atoms with E-state index < -0.39 is 28.5 Å². The summed E-state index contributed by atoms with van der Waals surface area (Å²) in [5, 5.41) is 3.48. The van der Waals surface area contributed by atoms with Gasteiger partial charge in [0.25, 0.3) is 0 Å². The molecule has 0 saturated carbocycles. The number of unbranched alkanes of at least 4 members (excludes halogenated alkanes) is 1. The first-order valence-corrected chi connectivity index (χ1v) is 15.8. The summed E-state index contributed by atoms with van der Waals surface area (Å²) in [5.74, 6) is -0.776. The number of halogens is 1. The van der Waals surface area contributed by atoms with Gasteiger partial charge in [-0.05, 0) is 53.8 Å². The van der Waals surface area contributed by atoms with Gasteiger partial charge in [0.05, 0.1) is 11.9 Å². The summed E-state index contributed by atoms with van der Waals surface area (Å²) in [6.07, 6.45) is 3.87. The first-order valence-electron chi connectivity index (χ1n) is 13.5. The molecule has 0 aliphatic rings. The highest BCUT2D eigenvalue weighted by molar-refractivity contribution is 7.92. The molecule has 2 amide bonds. The van der Waals surface area contributed by atoms with Crippen LogP contribution in [0.2, 0.25) is 5.02 Å². The van der Waals surface area contributed by atoms with Gasteiger partial charge in [0.1, 0.15) is 12.6 Å². The number of nitrogens with one attached hydrogen (secondary N) is 1. The highest BCUT2D eigenvalue weighted by atomic mass is 35.5. The van der Waals surface area contributed by atoms with Crippen molar-refractivity contribution in [3.05, 3.63) is 101 Å². The quantitative estimate of drug-likeness (QED) is 0.263. The van der Waals surface area contributed by atoms with E-state index in [1.54, 1.807) is 30.3 Å². The van der Waals surface area contributed by atoms with Crippen molar-refractivity contribution in [1.29, 1.82) is 0 Å². The van der Waals surface area contributed by atoms with E-state index in [0.717, 1.165) is 46.5 Å². The Balaban J connectivity index is 2.02. The van der Waals surface area contributed by atoms with Crippen LogP contribution in [0.4, 0.5) is 5.69 Å². The van der Waals surface area contributed by atoms with Gasteiger partial charge in [-0.1, -0.05) is 86.5 Å². The van der Waals surface area contributed by atoms with Crippen molar-refractivity contribution in [3.8, 4) is 0 Å². The zero-order valence-corrected chi connectivity index (χ0v) is 24.9. The minimum atomic E-state index is -3.80. The molecule has 0 saturated heterocycles. The topological polar surface area (TPSA) is 86.8 Å². The van der Waals surface area contributed by atoms with Gasteiger partial charge in [0, 0.05) is 24.5 Å². The number of anilines is 1. The number of carbonyl (C=O) groups excluding carboxylic acids is 2. The monoisotopic (exact) mass is 583 g/mol. The van der Waals surface area contributed by atoms with Gasteiger partial charge in [-0.15, -0.1) is 0 Å². The summed E-state index contributed by atoms with van der Waals surface area (Å²) in [5.41, 5.74) is 3.07. The van der Waals surface area contributed by atoms with Gasteiger partial charge in [0.15, 0.2) is 0 Å². The van der Waals surface area contributed by atoms with Crippen LogP contribution >= 0.6 is 11.6 Å². The molecule has 0 heterocycles. The van der Waals surface area contributed by atoms with E-state index in [4.69, 9.17) is 11.6 Å². The lowest BCUT2D eigenvalue weighted by Gasteiger charge is -2.33. The van der Waals surface area contributed by atoms with E-state index >= 15 is 0 Å². The number of nitrogens with zero attached hydrogens (tertiary/aromatic N) is 2. The average molecular weight is 584 g/mol. The van der Waals surface area contributed by atoms with E-state index in [1.807, 2.05) is 62.4 Å². The van der Waals surface area contributed by atoms with Crippen LogP contribution in [0, 0.1) is 0 Å². The SMILES string of the molecule is CCCCNC(=O)[C@@H](Cc1ccccc1)N(Cc1cccc(Cl)c1)C(=O)CN(c1ccc(CC)cc1)S(C)(=O)=O. The number of amides is 2. The molecular formula is C31H38ClN3O4S. The van der Waals surface area contributed by atoms with Crippen molar-refractivity contribution in [3.63, 3.8) is 0 Å². The number of rotatable bonds is 14. The minimum absolute atomic E-state index is 0.0878. The zero-order chi connectivity index (χ0) is 29.1. The first kappa shape index (κ1) is 31.2. The number of hydrogen-bond acceptors (Lipinski definition) is 4. The second-order valence-corrected chi connectivity index (χ2v) is 12.1. The molecule has 3 rings (SSSR count). The minimum Gasteiger partial charge on any atom is -0.354 e. The number of benzene rings is 3. The summed E-state index contributed by atoms with van der Waals surface area (Å²) < 4.78 is 26.8. The third kappa shape index (κ3) is 9.10. The summed E-state index contributed by atoms with van der Waals surface area (Å²) in [7, 11) is -3.80. The lowest BCUT2D eigenvalue weighted by atomic mass is 10.0. The molecule has 0 spiro atoms. The molecule has 40 heavy (non-hydrogen) atoms. The lowest BCUT2D eigenvalue weighted by Crippen LogP contribution is -2.53. The molecule has 0 aromatic heterocycles. The Bertz CT molecular complexity index is 1360. The standard InChI is InChI=1S/C31H38ClN3O4S/c1-4-6-19-33-31(37)29(21-25-11-8-7-9-12-25)34(22-26-13-10-14-27(32)20-26)30(36)23-35(40(3,38)39)28-17-15-24(5-2)16-18-28/h7-18,20,29H,4-6,19,21-23H2,1-3H3,(H,33,37)/t29-/m1/s1. The molecule has 0 aliphatic carbocycles. The van der Waals surface area contributed by atoms with E-state index in [9.17, 15) is 18.0 Å². The van der Waals surface area contributed by atoms with Crippen LogP contribution < -0.4 is 9.62 Å². The maximum Gasteiger partial charge on any atom is 0.244 e. The second kappa shape index (κ2) is 14.9. The summed E-state index contributed by atoms with van der Waals surface area (Å²) >= 11 is 6.24.